The van der Waals surface area contributed by atoms with Crippen LogP contribution in [0, 0.1) is 10.7 Å². The minimum Gasteiger partial charge on any atom is -0.350 e. The fourth-order valence-corrected chi connectivity index (χ4v) is 4.43. The molecule has 0 saturated heterocycles. The molecule has 2 amide bonds. The van der Waals surface area contributed by atoms with Gasteiger partial charge in [0.1, 0.15) is 11.1 Å². The molecule has 2 aromatic heterocycles. The van der Waals surface area contributed by atoms with Gasteiger partial charge in [-0.05, 0) is 35.7 Å². The Morgan fingerprint density at radius 1 is 1.29 bits per heavy atom. The van der Waals surface area contributed by atoms with Crippen molar-refractivity contribution in [1.82, 2.24) is 20.0 Å². The quantitative estimate of drug-likeness (QED) is 0.479. The number of hydrogen-bond donors (Lipinski definition) is 2. The number of hydrogen-bond acceptors (Lipinski definition) is 6. The second-order valence-corrected chi connectivity index (χ2v) is 8.16. The Morgan fingerprint density at radius 3 is 2.75 bits per heavy atom. The minimum atomic E-state index is -0.408. The Hall–Kier alpha value is -2.83. The van der Waals surface area contributed by atoms with E-state index >= 15 is 0 Å². The maximum atomic E-state index is 13.0. The maximum absolute atomic E-state index is 13.0. The third-order valence-corrected chi connectivity index (χ3v) is 5.93. The van der Waals surface area contributed by atoms with E-state index in [2.05, 4.69) is 27.8 Å². The molecule has 2 N–H and O–H groups in total. The molecule has 28 heavy (non-hydrogen) atoms. The van der Waals surface area contributed by atoms with E-state index in [1.807, 2.05) is 22.9 Å². The molecule has 4 rings (SSSR count). The summed E-state index contributed by atoms with van der Waals surface area (Å²) in [5, 5.41) is 18.1. The third-order valence-electron chi connectivity index (χ3n) is 4.63. The van der Waals surface area contributed by atoms with Crippen LogP contribution in [0.25, 0.3) is 4.96 Å². The van der Waals surface area contributed by atoms with Gasteiger partial charge >= 0.3 is 0 Å². The lowest BCUT2D eigenvalue weighted by atomic mass is 10.1. The van der Waals surface area contributed by atoms with Crippen molar-refractivity contribution in [3.8, 4) is 5.40 Å². The van der Waals surface area contributed by atoms with Crippen LogP contribution in [0.5, 0.6) is 0 Å². The number of carbonyl (C=O) groups is 2. The molecule has 7 nitrogen and oxygen atoms in total. The first kappa shape index (κ1) is 18.5. The highest BCUT2D eigenvalue weighted by Crippen LogP contribution is 2.23. The molecule has 2 heterocycles. The van der Waals surface area contributed by atoms with E-state index in [0.29, 0.717) is 17.3 Å². The normalized spacial score (nSPS) is 13.2. The van der Waals surface area contributed by atoms with Crippen molar-refractivity contribution in [1.29, 1.82) is 5.26 Å². The Morgan fingerprint density at radius 2 is 2.04 bits per heavy atom. The molecule has 1 aliphatic rings. The van der Waals surface area contributed by atoms with Gasteiger partial charge in [-0.1, -0.05) is 24.3 Å². The summed E-state index contributed by atoms with van der Waals surface area (Å²) in [7, 11) is 0. The molecule has 0 spiro atoms. The molecule has 142 valence electrons. The molecule has 1 aliphatic carbocycles. The zero-order valence-corrected chi connectivity index (χ0v) is 16.5. The van der Waals surface area contributed by atoms with Crippen LogP contribution in [0.4, 0.5) is 0 Å². The van der Waals surface area contributed by atoms with Crippen molar-refractivity contribution in [2.75, 3.05) is 12.3 Å². The third kappa shape index (κ3) is 3.61. The number of carbonyl (C=O) groups excluding carboxylic acids is 2. The van der Waals surface area contributed by atoms with E-state index in [0.717, 1.165) is 24.6 Å². The van der Waals surface area contributed by atoms with Crippen molar-refractivity contribution in [2.24, 2.45) is 0 Å². The van der Waals surface area contributed by atoms with Crippen molar-refractivity contribution in [2.45, 2.75) is 18.9 Å². The highest BCUT2D eigenvalue weighted by atomic mass is 32.2. The van der Waals surface area contributed by atoms with Crippen LogP contribution in [0.1, 0.15) is 32.1 Å². The lowest BCUT2D eigenvalue weighted by Crippen LogP contribution is -2.37. The number of imidazole rings is 1. The molecule has 0 bridgehead atoms. The van der Waals surface area contributed by atoms with E-state index in [1.54, 1.807) is 10.6 Å². The summed E-state index contributed by atoms with van der Waals surface area (Å²) in [5.74, 6) is -0.235. The van der Waals surface area contributed by atoms with Crippen LogP contribution in [0.15, 0.2) is 35.8 Å². The average Bonchev–Trinajstić information content (AvgIpc) is 3.37. The predicted octanol–water partition coefficient (Wildman–Crippen LogP) is 2.24. The first-order valence-corrected chi connectivity index (χ1v) is 10.7. The summed E-state index contributed by atoms with van der Waals surface area (Å²) in [6, 6.07) is 8.16. The maximum Gasteiger partial charge on any atom is 0.272 e. The van der Waals surface area contributed by atoms with Gasteiger partial charge in [-0.3, -0.25) is 14.0 Å². The summed E-state index contributed by atoms with van der Waals surface area (Å²) in [6.07, 6.45) is 3.30. The molecule has 0 atom stereocenters. The molecule has 3 aromatic rings. The number of fused-ring (bicyclic) bond motifs is 2. The minimum absolute atomic E-state index is 0.00275. The highest BCUT2D eigenvalue weighted by Gasteiger charge is 2.28. The smallest absolute Gasteiger partial charge is 0.272 e. The van der Waals surface area contributed by atoms with Gasteiger partial charge in [0.05, 0.1) is 0 Å². The Labute approximate surface area is 169 Å². The Kier molecular flexibility index (Phi) is 5.32. The molecule has 9 heteroatoms. The number of thiocyanates is 1. The van der Waals surface area contributed by atoms with Gasteiger partial charge in [-0.2, -0.15) is 5.26 Å². The summed E-state index contributed by atoms with van der Waals surface area (Å²) in [5.41, 5.74) is 2.85. The monoisotopic (exact) mass is 411 g/mol. The van der Waals surface area contributed by atoms with Gasteiger partial charge in [-0.25, -0.2) is 4.98 Å². The average molecular weight is 412 g/mol. The Balaban J connectivity index is 1.52. The first-order valence-electron chi connectivity index (χ1n) is 8.79. The van der Waals surface area contributed by atoms with Crippen LogP contribution in [0.3, 0.4) is 0 Å². The number of rotatable bonds is 6. The largest absolute Gasteiger partial charge is 0.350 e. The highest BCUT2D eigenvalue weighted by molar-refractivity contribution is 8.03. The van der Waals surface area contributed by atoms with Crippen molar-refractivity contribution in [3.63, 3.8) is 0 Å². The summed E-state index contributed by atoms with van der Waals surface area (Å²) >= 11 is 2.43. The van der Waals surface area contributed by atoms with E-state index in [4.69, 9.17) is 5.26 Å². The predicted molar refractivity (Wildman–Crippen MR) is 109 cm³/mol. The fourth-order valence-electron chi connectivity index (χ4n) is 3.42. The van der Waals surface area contributed by atoms with Crippen LogP contribution < -0.4 is 10.6 Å². The number of nitrogens with one attached hydrogen (secondary N) is 2. The van der Waals surface area contributed by atoms with Crippen molar-refractivity contribution < 1.29 is 9.59 Å². The summed E-state index contributed by atoms with van der Waals surface area (Å²) in [4.78, 5) is 30.5. The van der Waals surface area contributed by atoms with Crippen LogP contribution in [0.2, 0.25) is 0 Å². The van der Waals surface area contributed by atoms with Gasteiger partial charge in [-0.15, -0.1) is 11.3 Å². The van der Waals surface area contributed by atoms with Crippen molar-refractivity contribution >= 4 is 39.9 Å². The number of nitrogens with zero attached hydrogens (tertiary/aromatic N) is 3. The lowest BCUT2D eigenvalue weighted by molar-refractivity contribution is 0.0905. The standard InChI is InChI=1S/C19H17N5O2S2/c20-11-27-7-5-21-17(25)15-16(24-6-8-28-19(24)23-15)18(26)22-14-9-12-3-1-2-4-13(12)10-14/h1-4,6,8,14H,5,7,9-10H2,(H,21,25)(H,22,26). The number of thioether (sulfide) groups is 1. The molecule has 0 fully saturated rings. The first-order chi connectivity index (χ1) is 13.7. The van der Waals surface area contributed by atoms with Gasteiger partial charge in [0.15, 0.2) is 10.7 Å². The summed E-state index contributed by atoms with van der Waals surface area (Å²) in [6.45, 7) is 0.335. The van der Waals surface area contributed by atoms with E-state index in [1.165, 1.54) is 22.5 Å². The molecule has 0 unspecified atom stereocenters. The van der Waals surface area contributed by atoms with Gasteiger partial charge < -0.3 is 10.6 Å². The molecule has 0 saturated carbocycles. The molecule has 0 radical (unpaired) electrons. The van der Waals surface area contributed by atoms with Gasteiger partial charge in [0.25, 0.3) is 11.8 Å². The zero-order chi connectivity index (χ0) is 19.5. The number of aromatic nitrogens is 2. The molecule has 0 aliphatic heterocycles. The second-order valence-electron chi connectivity index (χ2n) is 6.41. The van der Waals surface area contributed by atoms with Gasteiger partial charge in [0.2, 0.25) is 0 Å². The van der Waals surface area contributed by atoms with E-state index in [-0.39, 0.29) is 23.3 Å². The van der Waals surface area contributed by atoms with E-state index in [9.17, 15) is 9.59 Å². The zero-order valence-electron chi connectivity index (χ0n) is 14.8. The molecular weight excluding hydrogens is 394 g/mol. The Bertz CT molecular complexity index is 1060. The number of amides is 2. The number of thiazole rings is 1. The lowest BCUT2D eigenvalue weighted by Gasteiger charge is -2.12. The number of benzene rings is 1. The molecule has 1 aromatic carbocycles. The van der Waals surface area contributed by atoms with Crippen LogP contribution in [-0.4, -0.2) is 39.5 Å². The SMILES string of the molecule is N#CSCCNC(=O)c1nc2sccn2c1C(=O)NC1Cc2ccccc2C1. The van der Waals surface area contributed by atoms with Crippen LogP contribution >= 0.6 is 23.1 Å². The van der Waals surface area contributed by atoms with Crippen molar-refractivity contribution in [3.05, 3.63) is 58.4 Å². The molecular formula is C19H17N5O2S2. The fraction of sp³-hybridized carbons (Fsp3) is 0.263. The second kappa shape index (κ2) is 8.04. The topological polar surface area (TPSA) is 99.3 Å². The van der Waals surface area contributed by atoms with Gasteiger partial charge in [0, 0.05) is 29.9 Å². The van der Waals surface area contributed by atoms with Crippen LogP contribution in [-0.2, 0) is 12.8 Å². The number of nitriles is 1. The van der Waals surface area contributed by atoms with E-state index < -0.39 is 5.91 Å². The summed E-state index contributed by atoms with van der Waals surface area (Å²) < 4.78 is 1.65.